The molecule has 2 aromatic rings. The van der Waals surface area contributed by atoms with E-state index in [-0.39, 0.29) is 23.1 Å². The van der Waals surface area contributed by atoms with Gasteiger partial charge in [0.15, 0.2) is 0 Å². The van der Waals surface area contributed by atoms with Gasteiger partial charge in [0.2, 0.25) is 0 Å². The number of carbonyl (C=O) groups excluding carboxylic acids is 2. The van der Waals surface area contributed by atoms with E-state index >= 15 is 0 Å². The van der Waals surface area contributed by atoms with Crippen molar-refractivity contribution < 1.29 is 18.4 Å². The Balaban J connectivity index is 1.55. The molecule has 7 heteroatoms. The normalized spacial score (nSPS) is 21.8. The molecule has 0 saturated heterocycles. The van der Waals surface area contributed by atoms with Crippen molar-refractivity contribution in [2.45, 2.75) is 58.0 Å². The van der Waals surface area contributed by atoms with Crippen LogP contribution in [0.3, 0.4) is 0 Å². The highest BCUT2D eigenvalue weighted by Crippen LogP contribution is 2.43. The summed E-state index contributed by atoms with van der Waals surface area (Å²) >= 11 is 0. The number of halogens is 2. The van der Waals surface area contributed by atoms with Gasteiger partial charge in [-0.05, 0) is 79.8 Å². The Kier molecular flexibility index (Phi) is 7.76. The van der Waals surface area contributed by atoms with Crippen molar-refractivity contribution in [2.75, 3.05) is 13.1 Å². The summed E-state index contributed by atoms with van der Waals surface area (Å²) in [7, 11) is 0. The molecular formula is C29H34F2N3O2+. The van der Waals surface area contributed by atoms with E-state index < -0.39 is 17.3 Å². The maximum Gasteiger partial charge on any atom is 0.274 e. The number of rotatable bonds is 8. The van der Waals surface area contributed by atoms with Crippen LogP contribution in [0.5, 0.6) is 0 Å². The topological polar surface area (TPSA) is 61.8 Å². The van der Waals surface area contributed by atoms with Crippen LogP contribution in [0.25, 0.3) is 0 Å². The zero-order chi connectivity index (χ0) is 25.9. The Labute approximate surface area is 212 Å². The highest BCUT2D eigenvalue weighted by atomic mass is 19.1. The molecule has 1 aliphatic heterocycles. The fraction of sp³-hybridized carbons (Fsp3) is 0.448. The third kappa shape index (κ3) is 5.30. The van der Waals surface area contributed by atoms with Gasteiger partial charge < -0.3 is 10.2 Å². The monoisotopic (exact) mass is 494 g/mol. The minimum atomic E-state index is -0.732. The van der Waals surface area contributed by atoms with Gasteiger partial charge >= 0.3 is 0 Å². The molecule has 2 aliphatic rings. The van der Waals surface area contributed by atoms with Gasteiger partial charge in [0.05, 0.1) is 13.5 Å². The van der Waals surface area contributed by atoms with E-state index in [0.717, 1.165) is 36.6 Å². The molecule has 1 N–H and O–H groups in total. The zero-order valence-electron chi connectivity index (χ0n) is 21.0. The average molecular weight is 495 g/mol. The molecule has 2 aromatic carbocycles. The maximum absolute atomic E-state index is 14.6. The molecule has 0 atom stereocenters. The van der Waals surface area contributed by atoms with Crippen molar-refractivity contribution >= 4 is 17.5 Å². The van der Waals surface area contributed by atoms with Crippen molar-refractivity contribution in [3.05, 3.63) is 77.7 Å². The van der Waals surface area contributed by atoms with Gasteiger partial charge in [0.25, 0.3) is 11.8 Å². The van der Waals surface area contributed by atoms with Gasteiger partial charge in [-0.3, -0.25) is 14.6 Å². The van der Waals surface area contributed by atoms with Crippen LogP contribution < -0.4 is 5.32 Å². The minimum Gasteiger partial charge on any atom is -0.348 e. The summed E-state index contributed by atoms with van der Waals surface area (Å²) in [5.74, 6) is -0.648. The largest absolute Gasteiger partial charge is 0.348 e. The van der Waals surface area contributed by atoms with Crippen LogP contribution in [-0.2, 0) is 11.2 Å². The van der Waals surface area contributed by atoms with Crippen LogP contribution in [0.4, 0.5) is 8.78 Å². The second-order valence-corrected chi connectivity index (χ2v) is 10.2. The first-order valence-electron chi connectivity index (χ1n) is 12.8. The minimum absolute atomic E-state index is 0.00688. The molecule has 1 spiro atoms. The maximum atomic E-state index is 14.6. The Hall–Kier alpha value is -3.22. The van der Waals surface area contributed by atoms with Crippen LogP contribution in [0, 0.1) is 30.4 Å². The SMILES string of the molecule is [CH2+]CCNC(=O)c1ccc(CCN2C(=O)C(c3cc(F)ccc3F)=NC23CCC(C(C)C)CC3)cc1. The third-order valence-corrected chi connectivity index (χ3v) is 7.53. The van der Waals surface area contributed by atoms with E-state index in [1.54, 1.807) is 17.0 Å². The fourth-order valence-corrected chi connectivity index (χ4v) is 5.32. The molecule has 0 bridgehead atoms. The average Bonchev–Trinajstić information content (AvgIpc) is 3.13. The van der Waals surface area contributed by atoms with Crippen molar-refractivity contribution in [3.8, 4) is 0 Å². The second-order valence-electron chi connectivity index (χ2n) is 10.2. The van der Waals surface area contributed by atoms with Crippen molar-refractivity contribution in [1.29, 1.82) is 0 Å². The number of aliphatic imine (C=N–C) groups is 1. The highest BCUT2D eigenvalue weighted by molar-refractivity contribution is 6.46. The summed E-state index contributed by atoms with van der Waals surface area (Å²) in [5, 5.41) is 2.80. The van der Waals surface area contributed by atoms with Crippen LogP contribution in [0.1, 0.15) is 67.4 Å². The number of carbonyl (C=O) groups is 2. The van der Waals surface area contributed by atoms with Gasteiger partial charge in [-0.25, -0.2) is 8.78 Å². The smallest absolute Gasteiger partial charge is 0.274 e. The molecular weight excluding hydrogens is 460 g/mol. The molecule has 2 amide bonds. The van der Waals surface area contributed by atoms with Gasteiger partial charge in [0, 0.05) is 17.7 Å². The van der Waals surface area contributed by atoms with E-state index in [1.165, 1.54) is 0 Å². The number of nitrogens with zero attached hydrogens (tertiary/aromatic N) is 2. The van der Waals surface area contributed by atoms with Gasteiger partial charge in [-0.15, -0.1) is 0 Å². The van der Waals surface area contributed by atoms with Crippen molar-refractivity contribution in [1.82, 2.24) is 10.2 Å². The summed E-state index contributed by atoms with van der Waals surface area (Å²) < 4.78 is 28.6. The molecule has 36 heavy (non-hydrogen) atoms. The lowest BCUT2D eigenvalue weighted by Gasteiger charge is -2.42. The summed E-state index contributed by atoms with van der Waals surface area (Å²) in [4.78, 5) is 32.3. The predicted octanol–water partition coefficient (Wildman–Crippen LogP) is 5.34. The Bertz CT molecular complexity index is 1140. The lowest BCUT2D eigenvalue weighted by Crippen LogP contribution is -2.50. The number of hydrogen-bond acceptors (Lipinski definition) is 3. The summed E-state index contributed by atoms with van der Waals surface area (Å²) in [6, 6.07) is 10.5. The number of benzene rings is 2. The summed E-state index contributed by atoms with van der Waals surface area (Å²) in [6.45, 7) is 9.06. The van der Waals surface area contributed by atoms with E-state index in [1.807, 2.05) is 12.1 Å². The lowest BCUT2D eigenvalue weighted by molar-refractivity contribution is -0.129. The Morgan fingerprint density at radius 1 is 1.17 bits per heavy atom. The highest BCUT2D eigenvalue weighted by Gasteiger charge is 2.49. The van der Waals surface area contributed by atoms with Gasteiger partial charge in [-0.1, -0.05) is 26.0 Å². The molecule has 0 radical (unpaired) electrons. The number of nitrogens with one attached hydrogen (secondary N) is 1. The fourth-order valence-electron chi connectivity index (χ4n) is 5.32. The first-order chi connectivity index (χ1) is 17.2. The Morgan fingerprint density at radius 3 is 2.50 bits per heavy atom. The Morgan fingerprint density at radius 2 is 1.86 bits per heavy atom. The first-order valence-corrected chi connectivity index (χ1v) is 12.8. The number of hydrogen-bond donors (Lipinski definition) is 1. The molecule has 1 saturated carbocycles. The molecule has 1 heterocycles. The molecule has 1 fully saturated rings. The van der Waals surface area contributed by atoms with E-state index in [9.17, 15) is 18.4 Å². The summed E-state index contributed by atoms with van der Waals surface area (Å²) in [6.07, 6.45) is 4.45. The second kappa shape index (κ2) is 10.8. The van der Waals surface area contributed by atoms with Crippen molar-refractivity contribution in [2.24, 2.45) is 16.8 Å². The molecule has 4 rings (SSSR count). The third-order valence-electron chi connectivity index (χ3n) is 7.53. The van der Waals surface area contributed by atoms with Gasteiger partial charge in [0.1, 0.15) is 29.4 Å². The standard InChI is InChI=1S/C29H33F2N3O2/c1-4-16-32-27(35)22-7-5-20(6-8-22)13-17-34-28(36)26(24-18-23(30)9-10-25(24)31)33-29(34)14-11-21(12-15-29)19(2)3/h5-10,18-19,21H,1,4,11-17H2,2-3H3/p+1. The van der Waals surface area contributed by atoms with Crippen molar-refractivity contribution in [3.63, 3.8) is 0 Å². The molecule has 5 nitrogen and oxygen atoms in total. The van der Waals surface area contributed by atoms with E-state index in [0.29, 0.717) is 56.2 Å². The lowest BCUT2D eigenvalue weighted by atomic mass is 9.76. The van der Waals surface area contributed by atoms with Crippen LogP contribution >= 0.6 is 0 Å². The molecule has 0 unspecified atom stereocenters. The number of amides is 2. The van der Waals surface area contributed by atoms with Gasteiger partial charge in [-0.2, -0.15) is 0 Å². The quantitative estimate of drug-likeness (QED) is 0.504. The first kappa shape index (κ1) is 25.9. The van der Waals surface area contributed by atoms with E-state index in [2.05, 4.69) is 26.1 Å². The van der Waals surface area contributed by atoms with Crippen LogP contribution in [0.15, 0.2) is 47.5 Å². The predicted molar refractivity (Wildman–Crippen MR) is 137 cm³/mol. The van der Waals surface area contributed by atoms with Crippen LogP contribution in [-0.4, -0.2) is 41.2 Å². The molecule has 0 aromatic heterocycles. The van der Waals surface area contributed by atoms with Crippen LogP contribution in [0.2, 0.25) is 0 Å². The molecule has 190 valence electrons. The molecule has 1 aliphatic carbocycles. The van der Waals surface area contributed by atoms with E-state index in [4.69, 9.17) is 4.99 Å². The zero-order valence-corrected chi connectivity index (χ0v) is 21.0. The summed E-state index contributed by atoms with van der Waals surface area (Å²) in [5.41, 5.74) is 0.746.